The number of likely N-dealkylation sites (tertiary alicyclic amines) is 1. The number of amides is 1. The summed E-state index contributed by atoms with van der Waals surface area (Å²) in [5.74, 6) is 1.86. The Balaban J connectivity index is 2.01. The molecule has 19 heavy (non-hydrogen) atoms. The highest BCUT2D eigenvalue weighted by Crippen LogP contribution is 2.26. The third kappa shape index (κ3) is 3.71. The molecule has 0 radical (unpaired) electrons. The summed E-state index contributed by atoms with van der Waals surface area (Å²) in [5, 5.41) is 3.28. The van der Waals surface area contributed by atoms with Crippen molar-refractivity contribution in [3.63, 3.8) is 0 Å². The van der Waals surface area contributed by atoms with E-state index in [1.165, 1.54) is 32.1 Å². The molecular weight excluding hydrogens is 236 g/mol. The van der Waals surface area contributed by atoms with Gasteiger partial charge in [-0.1, -0.05) is 33.6 Å². The summed E-state index contributed by atoms with van der Waals surface area (Å²) in [4.78, 5) is 15.0. The summed E-state index contributed by atoms with van der Waals surface area (Å²) in [7, 11) is 0. The predicted octanol–water partition coefficient (Wildman–Crippen LogP) is 2.66. The van der Waals surface area contributed by atoms with Gasteiger partial charge in [-0.3, -0.25) is 4.79 Å². The predicted molar refractivity (Wildman–Crippen MR) is 78.9 cm³/mol. The van der Waals surface area contributed by atoms with Crippen LogP contribution in [0.4, 0.5) is 0 Å². The lowest BCUT2D eigenvalue weighted by Gasteiger charge is -2.38. The van der Waals surface area contributed by atoms with Gasteiger partial charge < -0.3 is 10.2 Å². The van der Waals surface area contributed by atoms with E-state index in [1.54, 1.807) is 0 Å². The fourth-order valence-electron chi connectivity index (χ4n) is 3.38. The summed E-state index contributed by atoms with van der Waals surface area (Å²) >= 11 is 0. The van der Waals surface area contributed by atoms with Gasteiger partial charge in [0.05, 0.1) is 0 Å². The first-order valence-corrected chi connectivity index (χ1v) is 8.10. The lowest BCUT2D eigenvalue weighted by atomic mass is 9.87. The Morgan fingerprint density at radius 1 is 1.21 bits per heavy atom. The fourth-order valence-corrected chi connectivity index (χ4v) is 3.38. The summed E-state index contributed by atoms with van der Waals surface area (Å²) in [6.07, 6.45) is 6.15. The first-order valence-electron chi connectivity index (χ1n) is 8.10. The lowest BCUT2D eigenvalue weighted by Crippen LogP contribution is -2.52. The smallest absolute Gasteiger partial charge is 0.226 e. The molecule has 0 bridgehead atoms. The number of rotatable bonds is 4. The van der Waals surface area contributed by atoms with Crippen molar-refractivity contribution < 1.29 is 4.79 Å². The molecule has 1 N–H and O–H groups in total. The van der Waals surface area contributed by atoms with E-state index in [9.17, 15) is 4.79 Å². The minimum Gasteiger partial charge on any atom is -0.339 e. The first-order chi connectivity index (χ1) is 9.09. The van der Waals surface area contributed by atoms with Gasteiger partial charge in [0.15, 0.2) is 0 Å². The highest BCUT2D eigenvalue weighted by atomic mass is 16.2. The van der Waals surface area contributed by atoms with Crippen LogP contribution in [0.3, 0.4) is 0 Å². The minimum atomic E-state index is 0.203. The topological polar surface area (TPSA) is 32.3 Å². The van der Waals surface area contributed by atoms with Crippen LogP contribution in [0, 0.1) is 17.8 Å². The number of carbonyl (C=O) groups excluding carboxylic acids is 1. The molecule has 0 spiro atoms. The highest BCUT2D eigenvalue weighted by molar-refractivity contribution is 5.79. The number of hydrogen-bond donors (Lipinski definition) is 1. The van der Waals surface area contributed by atoms with Gasteiger partial charge in [0, 0.05) is 18.5 Å². The van der Waals surface area contributed by atoms with E-state index in [1.807, 2.05) is 0 Å². The van der Waals surface area contributed by atoms with Crippen molar-refractivity contribution in [1.82, 2.24) is 10.2 Å². The normalized spacial score (nSPS) is 26.9. The first kappa shape index (κ1) is 14.8. The minimum absolute atomic E-state index is 0.203. The molecule has 2 atom stereocenters. The highest BCUT2D eigenvalue weighted by Gasteiger charge is 2.34. The Labute approximate surface area is 118 Å². The Kier molecular flexibility index (Phi) is 5.26. The number of nitrogens with one attached hydrogen (secondary N) is 1. The maximum absolute atomic E-state index is 12.8. The SMILES string of the molecule is CC(C)CC1CCCCCN1C(=O)C(C)C1CNC1. The molecule has 2 fully saturated rings. The summed E-state index contributed by atoms with van der Waals surface area (Å²) in [6.45, 7) is 9.71. The van der Waals surface area contributed by atoms with Crippen molar-refractivity contribution in [1.29, 1.82) is 0 Å². The third-order valence-corrected chi connectivity index (χ3v) is 4.81. The van der Waals surface area contributed by atoms with Crippen LogP contribution in [0.15, 0.2) is 0 Å². The molecule has 0 aromatic heterocycles. The zero-order valence-corrected chi connectivity index (χ0v) is 12.8. The van der Waals surface area contributed by atoms with Gasteiger partial charge in [-0.2, -0.15) is 0 Å². The monoisotopic (exact) mass is 266 g/mol. The van der Waals surface area contributed by atoms with Crippen LogP contribution in [0.1, 0.15) is 52.9 Å². The van der Waals surface area contributed by atoms with E-state index >= 15 is 0 Å². The maximum Gasteiger partial charge on any atom is 0.226 e. The Morgan fingerprint density at radius 3 is 2.53 bits per heavy atom. The van der Waals surface area contributed by atoms with Gasteiger partial charge in [-0.25, -0.2) is 0 Å². The van der Waals surface area contributed by atoms with E-state index < -0.39 is 0 Å². The fraction of sp³-hybridized carbons (Fsp3) is 0.938. The second kappa shape index (κ2) is 6.74. The van der Waals surface area contributed by atoms with E-state index in [0.717, 1.165) is 19.6 Å². The van der Waals surface area contributed by atoms with Gasteiger partial charge in [-0.15, -0.1) is 0 Å². The average molecular weight is 266 g/mol. The number of hydrogen-bond acceptors (Lipinski definition) is 2. The van der Waals surface area contributed by atoms with Gasteiger partial charge in [0.25, 0.3) is 0 Å². The number of nitrogens with zero attached hydrogens (tertiary/aromatic N) is 1. The molecule has 2 saturated heterocycles. The van der Waals surface area contributed by atoms with Gasteiger partial charge in [0.2, 0.25) is 5.91 Å². The van der Waals surface area contributed by atoms with E-state index in [-0.39, 0.29) is 5.92 Å². The van der Waals surface area contributed by atoms with Crippen molar-refractivity contribution in [2.24, 2.45) is 17.8 Å². The summed E-state index contributed by atoms with van der Waals surface area (Å²) in [6, 6.07) is 0.491. The maximum atomic E-state index is 12.8. The van der Waals surface area contributed by atoms with Crippen LogP contribution < -0.4 is 5.32 Å². The molecule has 2 heterocycles. The van der Waals surface area contributed by atoms with Gasteiger partial charge in [-0.05, 0) is 44.2 Å². The second-order valence-electron chi connectivity index (χ2n) is 6.87. The van der Waals surface area contributed by atoms with Gasteiger partial charge >= 0.3 is 0 Å². The molecule has 0 aliphatic carbocycles. The largest absolute Gasteiger partial charge is 0.339 e. The molecule has 0 saturated carbocycles. The van der Waals surface area contributed by atoms with Crippen molar-refractivity contribution in [3.05, 3.63) is 0 Å². The van der Waals surface area contributed by atoms with Crippen LogP contribution in [0.25, 0.3) is 0 Å². The third-order valence-electron chi connectivity index (χ3n) is 4.81. The molecule has 2 aliphatic heterocycles. The molecule has 2 aliphatic rings. The zero-order valence-electron chi connectivity index (χ0n) is 12.8. The van der Waals surface area contributed by atoms with Crippen molar-refractivity contribution in [3.8, 4) is 0 Å². The molecular formula is C16H30N2O. The molecule has 0 aromatic carbocycles. The lowest BCUT2D eigenvalue weighted by molar-refractivity contribution is -0.140. The number of carbonyl (C=O) groups is 1. The van der Waals surface area contributed by atoms with Crippen LogP contribution >= 0.6 is 0 Å². The van der Waals surface area contributed by atoms with Crippen LogP contribution in [-0.2, 0) is 4.79 Å². The van der Waals surface area contributed by atoms with Crippen LogP contribution in [-0.4, -0.2) is 36.5 Å². The Hall–Kier alpha value is -0.570. The molecule has 110 valence electrons. The quantitative estimate of drug-likeness (QED) is 0.848. The Morgan fingerprint density at radius 2 is 1.95 bits per heavy atom. The van der Waals surface area contributed by atoms with E-state index in [0.29, 0.717) is 23.8 Å². The van der Waals surface area contributed by atoms with Crippen LogP contribution in [0.2, 0.25) is 0 Å². The second-order valence-corrected chi connectivity index (χ2v) is 6.87. The molecule has 2 unspecified atom stereocenters. The molecule has 2 rings (SSSR count). The van der Waals surface area contributed by atoms with Crippen molar-refractivity contribution >= 4 is 5.91 Å². The summed E-state index contributed by atoms with van der Waals surface area (Å²) in [5.41, 5.74) is 0. The summed E-state index contributed by atoms with van der Waals surface area (Å²) < 4.78 is 0. The van der Waals surface area contributed by atoms with E-state index in [4.69, 9.17) is 0 Å². The molecule has 3 heteroatoms. The molecule has 0 aromatic rings. The van der Waals surface area contributed by atoms with Crippen molar-refractivity contribution in [2.75, 3.05) is 19.6 Å². The molecule has 1 amide bonds. The van der Waals surface area contributed by atoms with Crippen LogP contribution in [0.5, 0.6) is 0 Å². The zero-order chi connectivity index (χ0) is 13.8. The van der Waals surface area contributed by atoms with Crippen molar-refractivity contribution in [2.45, 2.75) is 58.9 Å². The van der Waals surface area contributed by atoms with Gasteiger partial charge in [0.1, 0.15) is 0 Å². The average Bonchev–Trinajstić information content (AvgIpc) is 2.50. The molecule has 3 nitrogen and oxygen atoms in total. The van der Waals surface area contributed by atoms with E-state index in [2.05, 4.69) is 31.0 Å². The standard InChI is InChI=1S/C16H30N2O/c1-12(2)9-15-7-5-4-6-8-18(15)16(19)13(3)14-10-17-11-14/h12-15,17H,4-11H2,1-3H3. The Bertz CT molecular complexity index is 299.